The van der Waals surface area contributed by atoms with Gasteiger partial charge in [-0.2, -0.15) is 0 Å². The van der Waals surface area contributed by atoms with E-state index in [0.717, 1.165) is 32.1 Å². The minimum absolute atomic E-state index is 0.0362. The van der Waals surface area contributed by atoms with Gasteiger partial charge < -0.3 is 20.3 Å². The number of methoxy groups -OCH3 is 1. The molecule has 6 nitrogen and oxygen atoms in total. The summed E-state index contributed by atoms with van der Waals surface area (Å²) in [4.78, 5) is 23.1. The fourth-order valence-electron chi connectivity index (χ4n) is 3.00. The van der Waals surface area contributed by atoms with Gasteiger partial charge in [0.15, 0.2) is 0 Å². The number of rotatable bonds is 8. The number of nitrogens with one attached hydrogen (secondary N) is 1. The van der Waals surface area contributed by atoms with Gasteiger partial charge in [-0.15, -0.1) is 0 Å². The van der Waals surface area contributed by atoms with Crippen LogP contribution >= 0.6 is 0 Å². The highest BCUT2D eigenvalue weighted by molar-refractivity contribution is 5.78. The molecule has 1 aliphatic carbocycles. The molecule has 0 saturated heterocycles. The summed E-state index contributed by atoms with van der Waals surface area (Å²) in [7, 11) is 1.50. The summed E-state index contributed by atoms with van der Waals surface area (Å²) < 4.78 is 4.91. The molecule has 20 heavy (non-hydrogen) atoms. The number of carbonyl (C=O) groups is 2. The normalized spacial score (nSPS) is 19.3. The Morgan fingerprint density at radius 3 is 2.40 bits per heavy atom. The quantitative estimate of drug-likeness (QED) is 0.617. The molecule has 3 N–H and O–H groups in total. The maximum absolute atomic E-state index is 12.1. The predicted octanol–water partition coefficient (Wildman–Crippen LogP) is 0.925. The minimum atomic E-state index is -0.852. The lowest BCUT2D eigenvalue weighted by atomic mass is 9.69. The van der Waals surface area contributed by atoms with Gasteiger partial charge in [0, 0.05) is 13.5 Å². The zero-order valence-electron chi connectivity index (χ0n) is 12.1. The van der Waals surface area contributed by atoms with Crippen LogP contribution in [-0.4, -0.2) is 48.5 Å². The first-order valence-corrected chi connectivity index (χ1v) is 7.12. The highest BCUT2D eigenvalue weighted by atomic mass is 16.5. The van der Waals surface area contributed by atoms with Crippen molar-refractivity contribution in [3.63, 3.8) is 0 Å². The molecule has 6 heteroatoms. The van der Waals surface area contributed by atoms with E-state index in [1.807, 2.05) is 0 Å². The monoisotopic (exact) mass is 287 g/mol. The smallest absolute Gasteiger partial charge is 0.303 e. The van der Waals surface area contributed by atoms with Gasteiger partial charge >= 0.3 is 5.97 Å². The summed E-state index contributed by atoms with van der Waals surface area (Å²) >= 11 is 0. The van der Waals surface area contributed by atoms with Crippen molar-refractivity contribution in [1.29, 1.82) is 0 Å². The number of hydrogen-bond acceptors (Lipinski definition) is 4. The van der Waals surface area contributed by atoms with Crippen LogP contribution < -0.4 is 5.32 Å². The van der Waals surface area contributed by atoms with E-state index < -0.39 is 17.4 Å². The number of aliphatic hydroxyl groups is 1. The summed E-state index contributed by atoms with van der Waals surface area (Å²) in [6, 6.07) is -0.432. The molecule has 1 amide bonds. The van der Waals surface area contributed by atoms with Crippen molar-refractivity contribution in [3.8, 4) is 0 Å². The number of carboxylic acids is 1. The number of carbonyl (C=O) groups excluding carboxylic acids is 1. The Labute approximate surface area is 119 Å². The van der Waals surface area contributed by atoms with Crippen LogP contribution in [0.15, 0.2) is 0 Å². The van der Waals surface area contributed by atoms with Crippen LogP contribution in [0.2, 0.25) is 0 Å². The van der Waals surface area contributed by atoms with Crippen molar-refractivity contribution >= 4 is 11.9 Å². The zero-order valence-corrected chi connectivity index (χ0v) is 12.1. The third kappa shape index (κ3) is 5.46. The summed E-state index contributed by atoms with van der Waals surface area (Å²) in [6.45, 7) is 0.0552. The molecule has 1 unspecified atom stereocenters. The Morgan fingerprint density at radius 1 is 1.25 bits per heavy atom. The van der Waals surface area contributed by atoms with Gasteiger partial charge in [-0.3, -0.25) is 9.59 Å². The molecule has 1 saturated carbocycles. The number of carboxylic acid groups (broad SMARTS) is 1. The van der Waals surface area contributed by atoms with E-state index >= 15 is 0 Å². The molecule has 116 valence electrons. The number of hydrogen-bond donors (Lipinski definition) is 3. The molecule has 0 spiro atoms. The van der Waals surface area contributed by atoms with E-state index in [1.54, 1.807) is 0 Å². The second-order valence-corrected chi connectivity index (χ2v) is 5.71. The lowest BCUT2D eigenvalue weighted by molar-refractivity contribution is -0.141. The molecule has 0 aliphatic heterocycles. The number of aliphatic hydroxyl groups excluding tert-OH is 1. The Morgan fingerprint density at radius 2 is 1.90 bits per heavy atom. The Bertz CT molecular complexity index is 326. The third-order valence-electron chi connectivity index (χ3n) is 3.93. The second kappa shape index (κ2) is 8.21. The van der Waals surface area contributed by atoms with Crippen LogP contribution in [0.5, 0.6) is 0 Å². The van der Waals surface area contributed by atoms with Gasteiger partial charge in [0.2, 0.25) is 5.91 Å². The van der Waals surface area contributed by atoms with Gasteiger partial charge in [-0.1, -0.05) is 19.3 Å². The summed E-state index contributed by atoms with van der Waals surface area (Å²) in [5, 5.41) is 20.9. The van der Waals surface area contributed by atoms with E-state index in [4.69, 9.17) is 14.9 Å². The van der Waals surface area contributed by atoms with E-state index in [0.29, 0.717) is 0 Å². The topological polar surface area (TPSA) is 95.9 Å². The van der Waals surface area contributed by atoms with Crippen molar-refractivity contribution < 1.29 is 24.5 Å². The van der Waals surface area contributed by atoms with Crippen LogP contribution in [0.1, 0.15) is 44.9 Å². The molecule has 0 heterocycles. The summed E-state index contributed by atoms with van der Waals surface area (Å²) in [5.74, 6) is -1.06. The van der Waals surface area contributed by atoms with Crippen molar-refractivity contribution in [2.75, 3.05) is 20.3 Å². The lowest BCUT2D eigenvalue weighted by Gasteiger charge is -2.35. The van der Waals surface area contributed by atoms with Crippen molar-refractivity contribution in [2.45, 2.75) is 51.0 Å². The maximum atomic E-state index is 12.1. The van der Waals surface area contributed by atoms with E-state index in [-0.39, 0.29) is 32.0 Å². The zero-order chi connectivity index (χ0) is 15.0. The molecule has 0 radical (unpaired) electrons. The van der Waals surface area contributed by atoms with Crippen molar-refractivity contribution in [3.05, 3.63) is 0 Å². The Balaban J connectivity index is 2.59. The molecule has 1 aliphatic rings. The first kappa shape index (κ1) is 16.9. The molecule has 1 atom stereocenters. The van der Waals surface area contributed by atoms with E-state index in [1.165, 1.54) is 7.11 Å². The van der Waals surface area contributed by atoms with Crippen LogP contribution in [-0.2, 0) is 14.3 Å². The third-order valence-corrected chi connectivity index (χ3v) is 3.93. The predicted molar refractivity (Wildman–Crippen MR) is 73.3 cm³/mol. The molecule has 0 aromatic carbocycles. The Hall–Kier alpha value is -1.14. The minimum Gasteiger partial charge on any atom is -0.481 e. The van der Waals surface area contributed by atoms with E-state index in [2.05, 4.69) is 5.32 Å². The van der Waals surface area contributed by atoms with Gasteiger partial charge in [0.05, 0.1) is 25.7 Å². The molecule has 1 fully saturated rings. The van der Waals surface area contributed by atoms with Gasteiger partial charge in [-0.05, 0) is 18.3 Å². The van der Waals surface area contributed by atoms with Crippen LogP contribution in [0, 0.1) is 5.41 Å². The first-order chi connectivity index (χ1) is 9.51. The average molecular weight is 287 g/mol. The number of amides is 1. The maximum Gasteiger partial charge on any atom is 0.303 e. The average Bonchev–Trinajstić information content (AvgIpc) is 2.37. The SMILES string of the molecule is COCC(CO)NC(=O)CC1(CC(=O)O)CCCCC1. The van der Waals surface area contributed by atoms with Gasteiger partial charge in [-0.25, -0.2) is 0 Å². The van der Waals surface area contributed by atoms with Gasteiger partial charge in [0.25, 0.3) is 0 Å². The number of ether oxygens (including phenoxy) is 1. The standard InChI is InChI=1S/C14H25NO5/c1-20-10-11(9-16)15-12(17)7-14(8-13(18)19)5-3-2-4-6-14/h11,16H,2-10H2,1H3,(H,15,17)(H,18,19). The van der Waals surface area contributed by atoms with Crippen molar-refractivity contribution in [1.82, 2.24) is 5.32 Å². The van der Waals surface area contributed by atoms with Crippen LogP contribution in [0.3, 0.4) is 0 Å². The molecule has 0 aromatic heterocycles. The highest BCUT2D eigenvalue weighted by Gasteiger charge is 2.36. The molecule has 1 rings (SSSR count). The largest absolute Gasteiger partial charge is 0.481 e. The Kier molecular flexibility index (Phi) is 6.95. The van der Waals surface area contributed by atoms with Gasteiger partial charge in [0.1, 0.15) is 0 Å². The molecule has 0 bridgehead atoms. The first-order valence-electron chi connectivity index (χ1n) is 7.12. The fraction of sp³-hybridized carbons (Fsp3) is 0.857. The van der Waals surface area contributed by atoms with Crippen LogP contribution in [0.4, 0.5) is 0 Å². The molecular formula is C14H25NO5. The van der Waals surface area contributed by atoms with E-state index in [9.17, 15) is 9.59 Å². The summed E-state index contributed by atoms with van der Waals surface area (Å²) in [6.07, 6.45) is 4.85. The van der Waals surface area contributed by atoms with Crippen molar-refractivity contribution in [2.24, 2.45) is 5.41 Å². The summed E-state index contributed by atoms with van der Waals surface area (Å²) in [5.41, 5.74) is -0.429. The highest BCUT2D eigenvalue weighted by Crippen LogP contribution is 2.42. The second-order valence-electron chi connectivity index (χ2n) is 5.71. The molecule has 0 aromatic rings. The fourth-order valence-corrected chi connectivity index (χ4v) is 3.00. The lowest BCUT2D eigenvalue weighted by Crippen LogP contribution is -2.43. The van der Waals surface area contributed by atoms with Crippen LogP contribution in [0.25, 0.3) is 0 Å². The molecular weight excluding hydrogens is 262 g/mol. The number of aliphatic carboxylic acids is 1.